The first-order valence-corrected chi connectivity index (χ1v) is 6.33. The summed E-state index contributed by atoms with van der Waals surface area (Å²) >= 11 is 0. The lowest BCUT2D eigenvalue weighted by molar-refractivity contribution is -0.0255. The van der Waals surface area contributed by atoms with E-state index in [0.717, 1.165) is 11.6 Å². The Morgan fingerprint density at radius 2 is 1.65 bits per heavy atom. The zero-order valence-electron chi connectivity index (χ0n) is 10.8. The molecule has 0 spiro atoms. The van der Waals surface area contributed by atoms with E-state index in [2.05, 4.69) is 0 Å². The lowest BCUT2D eigenvalue weighted by Crippen LogP contribution is -2.20. The molecule has 0 aromatic heterocycles. The standard InChI is InChI=1S/C16H12F4/c1-9-2-4-10(5-3-9)12-8-11-6-7-13(17)15(18)14(11)16(12,19)20/h2-7,12H,8H2,1H3. The fraction of sp³-hybridized carbons (Fsp3) is 0.250. The molecule has 20 heavy (non-hydrogen) atoms. The van der Waals surface area contributed by atoms with E-state index in [0.29, 0.717) is 5.56 Å². The van der Waals surface area contributed by atoms with Crippen LogP contribution in [0.5, 0.6) is 0 Å². The van der Waals surface area contributed by atoms with E-state index < -0.39 is 29.0 Å². The molecule has 3 rings (SSSR count). The highest BCUT2D eigenvalue weighted by molar-refractivity contribution is 5.44. The Morgan fingerprint density at radius 3 is 2.30 bits per heavy atom. The molecule has 0 nitrogen and oxygen atoms in total. The van der Waals surface area contributed by atoms with E-state index in [-0.39, 0.29) is 12.0 Å². The molecule has 0 saturated heterocycles. The first-order valence-electron chi connectivity index (χ1n) is 6.33. The second-order valence-corrected chi connectivity index (χ2v) is 5.19. The monoisotopic (exact) mass is 280 g/mol. The molecule has 0 N–H and O–H groups in total. The molecule has 0 radical (unpaired) electrons. The maximum atomic E-state index is 14.4. The predicted molar refractivity (Wildman–Crippen MR) is 67.9 cm³/mol. The Kier molecular flexibility index (Phi) is 2.85. The number of benzene rings is 2. The van der Waals surface area contributed by atoms with Crippen LogP contribution in [-0.2, 0) is 12.3 Å². The quantitative estimate of drug-likeness (QED) is 0.664. The van der Waals surface area contributed by atoms with Gasteiger partial charge in [0, 0.05) is 0 Å². The van der Waals surface area contributed by atoms with Crippen molar-refractivity contribution < 1.29 is 17.6 Å². The van der Waals surface area contributed by atoms with Gasteiger partial charge in [0.1, 0.15) is 0 Å². The summed E-state index contributed by atoms with van der Waals surface area (Å²) in [5, 5.41) is 0. The van der Waals surface area contributed by atoms with Gasteiger partial charge in [-0.25, -0.2) is 17.6 Å². The molecule has 0 aliphatic heterocycles. The number of alkyl halides is 2. The fourth-order valence-corrected chi connectivity index (χ4v) is 2.77. The van der Waals surface area contributed by atoms with Crippen molar-refractivity contribution in [2.45, 2.75) is 25.2 Å². The van der Waals surface area contributed by atoms with Crippen LogP contribution < -0.4 is 0 Å². The van der Waals surface area contributed by atoms with Crippen molar-refractivity contribution >= 4 is 0 Å². The van der Waals surface area contributed by atoms with Crippen molar-refractivity contribution in [1.82, 2.24) is 0 Å². The molecule has 1 aliphatic rings. The molecule has 2 aromatic carbocycles. The van der Waals surface area contributed by atoms with Crippen molar-refractivity contribution in [2.24, 2.45) is 0 Å². The molecular formula is C16H12F4. The molecule has 1 atom stereocenters. The number of rotatable bonds is 1. The summed E-state index contributed by atoms with van der Waals surface area (Å²) in [6, 6.07) is 8.87. The second-order valence-electron chi connectivity index (χ2n) is 5.19. The van der Waals surface area contributed by atoms with Gasteiger partial charge in [-0.05, 0) is 30.5 Å². The van der Waals surface area contributed by atoms with E-state index in [1.54, 1.807) is 24.3 Å². The number of fused-ring (bicyclic) bond motifs is 1. The molecule has 1 aliphatic carbocycles. The summed E-state index contributed by atoms with van der Waals surface area (Å²) in [7, 11) is 0. The molecular weight excluding hydrogens is 268 g/mol. The summed E-state index contributed by atoms with van der Waals surface area (Å²) in [5.74, 6) is -7.19. The minimum absolute atomic E-state index is 0.0165. The highest BCUT2D eigenvalue weighted by Gasteiger charge is 2.51. The molecule has 0 fully saturated rings. The summed E-state index contributed by atoms with van der Waals surface area (Å²) in [6.45, 7) is 1.86. The number of hydrogen-bond acceptors (Lipinski definition) is 0. The third kappa shape index (κ3) is 1.82. The predicted octanol–water partition coefficient (Wildman–Crippen LogP) is 4.70. The molecule has 104 valence electrons. The van der Waals surface area contributed by atoms with E-state index in [9.17, 15) is 17.6 Å². The van der Waals surface area contributed by atoms with Crippen LogP contribution in [0.15, 0.2) is 36.4 Å². The van der Waals surface area contributed by atoms with Gasteiger partial charge in [-0.1, -0.05) is 35.9 Å². The van der Waals surface area contributed by atoms with Crippen molar-refractivity contribution in [2.75, 3.05) is 0 Å². The summed E-state index contributed by atoms with van der Waals surface area (Å²) in [5.41, 5.74) is 0.795. The zero-order chi connectivity index (χ0) is 14.5. The van der Waals surface area contributed by atoms with Crippen LogP contribution in [0.3, 0.4) is 0 Å². The van der Waals surface area contributed by atoms with Gasteiger partial charge < -0.3 is 0 Å². The van der Waals surface area contributed by atoms with Crippen LogP contribution >= 0.6 is 0 Å². The first kappa shape index (κ1) is 13.2. The molecule has 0 amide bonds. The number of hydrogen-bond donors (Lipinski definition) is 0. The molecule has 0 saturated carbocycles. The topological polar surface area (TPSA) is 0 Å². The van der Waals surface area contributed by atoms with Crippen molar-refractivity contribution in [1.29, 1.82) is 0 Å². The summed E-state index contributed by atoms with van der Waals surface area (Å²) < 4.78 is 55.7. The van der Waals surface area contributed by atoms with Crippen LogP contribution in [0.1, 0.15) is 28.2 Å². The van der Waals surface area contributed by atoms with Crippen molar-refractivity contribution in [3.63, 3.8) is 0 Å². The van der Waals surface area contributed by atoms with Crippen LogP contribution in [0, 0.1) is 18.6 Å². The zero-order valence-corrected chi connectivity index (χ0v) is 10.8. The average Bonchev–Trinajstić information content (AvgIpc) is 2.67. The van der Waals surface area contributed by atoms with Crippen molar-refractivity contribution in [3.05, 3.63) is 70.3 Å². The minimum Gasteiger partial charge on any atom is -0.204 e. The minimum atomic E-state index is -3.39. The highest BCUT2D eigenvalue weighted by Crippen LogP contribution is 2.52. The Morgan fingerprint density at radius 1 is 1.00 bits per heavy atom. The molecule has 2 aromatic rings. The fourth-order valence-electron chi connectivity index (χ4n) is 2.77. The van der Waals surface area contributed by atoms with Crippen molar-refractivity contribution in [3.8, 4) is 0 Å². The summed E-state index contributed by atoms with van der Waals surface area (Å²) in [6.07, 6.45) is 0.0165. The largest absolute Gasteiger partial charge is 0.283 e. The maximum absolute atomic E-state index is 14.4. The van der Waals surface area contributed by atoms with Crippen LogP contribution in [-0.4, -0.2) is 0 Å². The molecule has 0 heterocycles. The third-order valence-electron chi connectivity index (χ3n) is 3.86. The van der Waals surface area contributed by atoms with Gasteiger partial charge in [-0.15, -0.1) is 0 Å². The van der Waals surface area contributed by atoms with Crippen LogP contribution in [0.2, 0.25) is 0 Å². The molecule has 1 unspecified atom stereocenters. The second kappa shape index (κ2) is 4.33. The lowest BCUT2D eigenvalue weighted by atomic mass is 9.92. The van der Waals surface area contributed by atoms with E-state index in [1.807, 2.05) is 6.92 Å². The van der Waals surface area contributed by atoms with E-state index in [1.165, 1.54) is 6.07 Å². The van der Waals surface area contributed by atoms with Gasteiger partial charge in [-0.2, -0.15) is 0 Å². The SMILES string of the molecule is Cc1ccc(C2Cc3ccc(F)c(F)c3C2(F)F)cc1. The van der Waals surface area contributed by atoms with E-state index >= 15 is 0 Å². The Bertz CT molecular complexity index is 659. The average molecular weight is 280 g/mol. The van der Waals surface area contributed by atoms with Gasteiger partial charge in [0.15, 0.2) is 11.6 Å². The molecule has 0 bridgehead atoms. The first-order chi connectivity index (χ1) is 9.41. The maximum Gasteiger partial charge on any atom is 0.283 e. The Hall–Kier alpha value is -1.84. The smallest absolute Gasteiger partial charge is 0.204 e. The highest BCUT2D eigenvalue weighted by atomic mass is 19.3. The Labute approximate surface area is 114 Å². The number of halogens is 4. The van der Waals surface area contributed by atoms with Gasteiger partial charge in [0.05, 0.1) is 11.5 Å². The van der Waals surface area contributed by atoms with E-state index in [4.69, 9.17) is 0 Å². The molecule has 4 heteroatoms. The third-order valence-corrected chi connectivity index (χ3v) is 3.86. The van der Waals surface area contributed by atoms with Gasteiger partial charge in [0.2, 0.25) is 0 Å². The van der Waals surface area contributed by atoms with Gasteiger partial charge >= 0.3 is 0 Å². The van der Waals surface area contributed by atoms with Gasteiger partial charge in [0.25, 0.3) is 5.92 Å². The normalized spacial score (nSPS) is 19.9. The summed E-state index contributed by atoms with van der Waals surface area (Å²) in [4.78, 5) is 0. The van der Waals surface area contributed by atoms with Crippen LogP contribution in [0.25, 0.3) is 0 Å². The number of aryl methyl sites for hydroxylation is 1. The van der Waals surface area contributed by atoms with Gasteiger partial charge in [-0.3, -0.25) is 0 Å². The Balaban J connectivity index is 2.10. The van der Waals surface area contributed by atoms with Crippen LogP contribution in [0.4, 0.5) is 17.6 Å². The lowest BCUT2D eigenvalue weighted by Gasteiger charge is -2.20.